The normalized spacial score (nSPS) is 9.55. The molecule has 4 heteroatoms. The summed E-state index contributed by atoms with van der Waals surface area (Å²) in [5.41, 5.74) is 2.72. The number of nitriles is 2. The van der Waals surface area contributed by atoms with E-state index in [4.69, 9.17) is 0 Å². The highest BCUT2D eigenvalue weighted by molar-refractivity contribution is 5.67. The molecular weight excluding hydrogens is 248 g/mol. The van der Waals surface area contributed by atoms with Crippen LogP contribution < -0.4 is 4.90 Å². The second-order valence-electron chi connectivity index (χ2n) is 4.42. The average Bonchev–Trinajstić information content (AvgIpc) is 2.52. The lowest BCUT2D eigenvalue weighted by molar-refractivity contribution is 0.850. The van der Waals surface area contributed by atoms with Crippen LogP contribution in [0.1, 0.15) is 16.8 Å². The summed E-state index contributed by atoms with van der Waals surface area (Å²) in [7, 11) is 1.89. The van der Waals surface area contributed by atoms with Gasteiger partial charge in [-0.25, -0.2) is 0 Å². The van der Waals surface area contributed by atoms with Gasteiger partial charge in [0.25, 0.3) is 0 Å². The van der Waals surface area contributed by atoms with Crippen molar-refractivity contribution in [2.45, 2.75) is 6.42 Å². The molecule has 0 saturated heterocycles. The second kappa shape index (κ2) is 6.36. The van der Waals surface area contributed by atoms with Crippen molar-refractivity contribution in [3.05, 3.63) is 59.4 Å². The van der Waals surface area contributed by atoms with Crippen molar-refractivity contribution < 1.29 is 0 Å². The summed E-state index contributed by atoms with van der Waals surface area (Å²) in [6, 6.07) is 15.3. The van der Waals surface area contributed by atoms with Crippen LogP contribution in [0.3, 0.4) is 0 Å². The molecule has 1 aromatic carbocycles. The van der Waals surface area contributed by atoms with Gasteiger partial charge in [0.1, 0.15) is 12.1 Å². The van der Waals surface area contributed by atoms with Crippen molar-refractivity contribution in [1.82, 2.24) is 4.98 Å². The van der Waals surface area contributed by atoms with Crippen molar-refractivity contribution in [1.29, 1.82) is 10.5 Å². The molecule has 0 unspecified atom stereocenters. The van der Waals surface area contributed by atoms with Crippen molar-refractivity contribution in [2.75, 3.05) is 18.5 Å². The fraction of sp³-hybridized carbons (Fsp3) is 0.188. The summed E-state index contributed by atoms with van der Waals surface area (Å²) in [5.74, 6) is 0. The predicted molar refractivity (Wildman–Crippen MR) is 77.1 cm³/mol. The predicted octanol–water partition coefficient (Wildman–Crippen LogP) is 2.50. The summed E-state index contributed by atoms with van der Waals surface area (Å²) in [6.45, 7) is 0.699. The van der Waals surface area contributed by atoms with E-state index in [0.29, 0.717) is 23.4 Å². The number of rotatable bonds is 4. The maximum absolute atomic E-state index is 9.17. The number of anilines is 1. The number of likely N-dealkylation sites (N-methyl/N-ethyl adjacent to an activating group) is 1. The standard InChI is InChI=1S/C16H14N4/c1-20(10-8-15-7-2-3-9-19-15)16-13(11-17)5-4-6-14(16)12-18/h2-7,9H,8,10H2,1H3. The molecule has 0 fully saturated rings. The highest BCUT2D eigenvalue weighted by Crippen LogP contribution is 2.23. The van der Waals surface area contributed by atoms with Crippen molar-refractivity contribution in [3.63, 3.8) is 0 Å². The van der Waals surface area contributed by atoms with Crippen LogP contribution in [-0.2, 0) is 6.42 Å². The Balaban J connectivity index is 2.20. The van der Waals surface area contributed by atoms with Gasteiger partial charge in [0.05, 0.1) is 16.8 Å². The van der Waals surface area contributed by atoms with Gasteiger partial charge in [0, 0.05) is 31.9 Å². The number of benzene rings is 1. The first-order valence-corrected chi connectivity index (χ1v) is 6.30. The molecule has 20 heavy (non-hydrogen) atoms. The SMILES string of the molecule is CN(CCc1ccccn1)c1c(C#N)cccc1C#N. The van der Waals surface area contributed by atoms with Crippen molar-refractivity contribution in [2.24, 2.45) is 0 Å². The monoisotopic (exact) mass is 262 g/mol. The van der Waals surface area contributed by atoms with Gasteiger partial charge in [-0.05, 0) is 24.3 Å². The Bertz CT molecular complexity index is 633. The number of aromatic nitrogens is 1. The molecule has 0 atom stereocenters. The fourth-order valence-electron chi connectivity index (χ4n) is 2.08. The van der Waals surface area contributed by atoms with E-state index in [9.17, 15) is 10.5 Å². The van der Waals surface area contributed by atoms with E-state index in [-0.39, 0.29) is 0 Å². The van der Waals surface area contributed by atoms with E-state index in [0.717, 1.165) is 12.1 Å². The Morgan fingerprint density at radius 3 is 2.30 bits per heavy atom. The largest absolute Gasteiger partial charge is 0.372 e. The summed E-state index contributed by atoms with van der Waals surface area (Å²) >= 11 is 0. The molecule has 2 rings (SSSR count). The molecule has 0 amide bonds. The van der Waals surface area contributed by atoms with Gasteiger partial charge in [-0.1, -0.05) is 12.1 Å². The second-order valence-corrected chi connectivity index (χ2v) is 4.42. The molecule has 0 bridgehead atoms. The minimum Gasteiger partial charge on any atom is -0.372 e. The fourth-order valence-corrected chi connectivity index (χ4v) is 2.08. The molecule has 98 valence electrons. The van der Waals surface area contributed by atoms with Crippen LogP contribution >= 0.6 is 0 Å². The van der Waals surface area contributed by atoms with Crippen LogP contribution in [0.4, 0.5) is 5.69 Å². The first-order chi connectivity index (χ1) is 9.76. The Hall–Kier alpha value is -2.85. The molecule has 0 radical (unpaired) electrons. The maximum Gasteiger partial charge on any atom is 0.101 e. The molecule has 1 aromatic heterocycles. The van der Waals surface area contributed by atoms with Crippen molar-refractivity contribution >= 4 is 5.69 Å². The smallest absolute Gasteiger partial charge is 0.101 e. The first kappa shape index (κ1) is 13.6. The quantitative estimate of drug-likeness (QED) is 0.849. The van der Waals surface area contributed by atoms with Crippen LogP contribution in [0.15, 0.2) is 42.6 Å². The van der Waals surface area contributed by atoms with Gasteiger partial charge in [-0.2, -0.15) is 10.5 Å². The molecule has 0 aliphatic carbocycles. The topological polar surface area (TPSA) is 63.7 Å². The van der Waals surface area contributed by atoms with Crippen molar-refractivity contribution in [3.8, 4) is 12.1 Å². The number of hydrogen-bond donors (Lipinski definition) is 0. The minimum absolute atomic E-state index is 0.521. The van der Waals surface area contributed by atoms with Crippen LogP contribution in [0.2, 0.25) is 0 Å². The number of para-hydroxylation sites is 1. The van der Waals surface area contributed by atoms with Gasteiger partial charge < -0.3 is 4.90 Å². The van der Waals surface area contributed by atoms with Gasteiger partial charge >= 0.3 is 0 Å². The highest BCUT2D eigenvalue weighted by atomic mass is 15.1. The lowest BCUT2D eigenvalue weighted by Crippen LogP contribution is -2.22. The Kier molecular flexibility index (Phi) is 4.32. The summed E-state index contributed by atoms with van der Waals surface area (Å²) in [5, 5.41) is 18.3. The molecule has 0 aliphatic heterocycles. The zero-order chi connectivity index (χ0) is 14.4. The van der Waals surface area contributed by atoms with Crippen LogP contribution in [0.5, 0.6) is 0 Å². The third kappa shape index (κ3) is 2.93. The van der Waals surface area contributed by atoms with E-state index in [1.807, 2.05) is 30.1 Å². The molecule has 1 heterocycles. The summed E-state index contributed by atoms with van der Waals surface area (Å²) < 4.78 is 0. The summed E-state index contributed by atoms with van der Waals surface area (Å²) in [6.07, 6.45) is 2.53. The van der Waals surface area contributed by atoms with Gasteiger partial charge in [0.2, 0.25) is 0 Å². The first-order valence-electron chi connectivity index (χ1n) is 6.30. The maximum atomic E-state index is 9.17. The third-order valence-electron chi connectivity index (χ3n) is 3.09. The highest BCUT2D eigenvalue weighted by Gasteiger charge is 2.12. The Labute approximate surface area is 118 Å². The van der Waals surface area contributed by atoms with Crippen LogP contribution in [0, 0.1) is 22.7 Å². The average molecular weight is 262 g/mol. The lowest BCUT2D eigenvalue weighted by atomic mass is 10.1. The third-order valence-corrected chi connectivity index (χ3v) is 3.09. The molecule has 2 aromatic rings. The lowest BCUT2D eigenvalue weighted by Gasteiger charge is -2.21. The molecule has 0 spiro atoms. The number of hydrogen-bond acceptors (Lipinski definition) is 4. The molecule has 0 aliphatic rings. The van der Waals surface area contributed by atoms with Gasteiger partial charge in [-0.15, -0.1) is 0 Å². The van der Waals surface area contributed by atoms with Crippen LogP contribution in [0.25, 0.3) is 0 Å². The van der Waals surface area contributed by atoms with Gasteiger partial charge in [0.15, 0.2) is 0 Å². The zero-order valence-corrected chi connectivity index (χ0v) is 11.2. The van der Waals surface area contributed by atoms with E-state index >= 15 is 0 Å². The van der Waals surface area contributed by atoms with E-state index < -0.39 is 0 Å². The van der Waals surface area contributed by atoms with E-state index in [1.165, 1.54) is 0 Å². The molecular formula is C16H14N4. The molecule has 4 nitrogen and oxygen atoms in total. The van der Waals surface area contributed by atoms with E-state index in [2.05, 4.69) is 17.1 Å². The van der Waals surface area contributed by atoms with E-state index in [1.54, 1.807) is 24.4 Å². The number of pyridine rings is 1. The Morgan fingerprint density at radius 2 is 1.75 bits per heavy atom. The zero-order valence-electron chi connectivity index (χ0n) is 11.2. The number of nitrogens with zero attached hydrogens (tertiary/aromatic N) is 4. The van der Waals surface area contributed by atoms with Crippen LogP contribution in [-0.4, -0.2) is 18.6 Å². The van der Waals surface area contributed by atoms with Gasteiger partial charge in [-0.3, -0.25) is 4.98 Å². The minimum atomic E-state index is 0.521. The molecule has 0 N–H and O–H groups in total. The Morgan fingerprint density at radius 1 is 1.05 bits per heavy atom. The molecule has 0 saturated carbocycles. The summed E-state index contributed by atoms with van der Waals surface area (Å²) in [4.78, 5) is 6.21.